The Morgan fingerprint density at radius 1 is 1.31 bits per heavy atom. The molecule has 1 heterocycles. The molecule has 0 aliphatic heterocycles. The third-order valence-electron chi connectivity index (χ3n) is 2.70. The lowest BCUT2D eigenvalue weighted by Gasteiger charge is -2.22. The lowest BCUT2D eigenvalue weighted by atomic mass is 10.1. The zero-order chi connectivity index (χ0) is 12.1. The quantitative estimate of drug-likeness (QED) is 0.763. The summed E-state index contributed by atoms with van der Waals surface area (Å²) in [4.78, 5) is 12.8. The summed E-state index contributed by atoms with van der Waals surface area (Å²) in [7, 11) is 5.98. The van der Waals surface area contributed by atoms with E-state index in [0.29, 0.717) is 5.92 Å². The van der Waals surface area contributed by atoms with E-state index in [1.807, 2.05) is 31.3 Å². The van der Waals surface area contributed by atoms with Gasteiger partial charge < -0.3 is 9.80 Å². The van der Waals surface area contributed by atoms with Gasteiger partial charge in [-0.05, 0) is 12.0 Å². The van der Waals surface area contributed by atoms with Gasteiger partial charge in [0, 0.05) is 33.9 Å². The van der Waals surface area contributed by atoms with Gasteiger partial charge in [-0.25, -0.2) is 4.98 Å². The number of rotatable bonds is 5. The summed E-state index contributed by atoms with van der Waals surface area (Å²) in [5.41, 5.74) is 0. The predicted octanol–water partition coefficient (Wildman–Crippen LogP) is 2.02. The summed E-state index contributed by atoms with van der Waals surface area (Å²) in [6.45, 7) is 5.49. The largest absolute Gasteiger partial charge is 0.359 e. The highest BCUT2D eigenvalue weighted by Crippen LogP contribution is 2.14. The predicted molar refractivity (Wildman–Crippen MR) is 69.1 cm³/mol. The standard InChI is InChI=1S/C12H22N4/c1-6-10(2)9-16(5)11-7-8-13-12(14-11)15(3)4/h7-8,10H,6,9H2,1-5H3/t10-/m1/s1. The molecule has 1 aromatic rings. The van der Waals surface area contributed by atoms with Crippen LogP contribution in [0.4, 0.5) is 11.8 Å². The van der Waals surface area contributed by atoms with Crippen LogP contribution in [-0.4, -0.2) is 37.7 Å². The molecule has 1 atom stereocenters. The van der Waals surface area contributed by atoms with E-state index in [2.05, 4.69) is 35.8 Å². The lowest BCUT2D eigenvalue weighted by molar-refractivity contribution is 0.557. The van der Waals surface area contributed by atoms with Gasteiger partial charge in [-0.15, -0.1) is 0 Å². The lowest BCUT2D eigenvalue weighted by Crippen LogP contribution is -2.25. The normalized spacial score (nSPS) is 12.3. The van der Waals surface area contributed by atoms with Crippen LogP contribution in [0, 0.1) is 5.92 Å². The maximum atomic E-state index is 4.50. The summed E-state index contributed by atoms with van der Waals surface area (Å²) in [6.07, 6.45) is 3.00. The number of hydrogen-bond acceptors (Lipinski definition) is 4. The Labute approximate surface area is 98.3 Å². The summed E-state index contributed by atoms with van der Waals surface area (Å²) in [5, 5.41) is 0. The highest BCUT2D eigenvalue weighted by molar-refractivity contribution is 5.42. The van der Waals surface area contributed by atoms with Crippen LogP contribution >= 0.6 is 0 Å². The molecule has 0 saturated carbocycles. The van der Waals surface area contributed by atoms with Crippen LogP contribution in [0.2, 0.25) is 0 Å². The van der Waals surface area contributed by atoms with E-state index in [0.717, 1.165) is 18.3 Å². The van der Waals surface area contributed by atoms with Crippen molar-refractivity contribution in [2.75, 3.05) is 37.5 Å². The Balaban J connectivity index is 2.75. The molecule has 0 fully saturated rings. The summed E-state index contributed by atoms with van der Waals surface area (Å²) >= 11 is 0. The van der Waals surface area contributed by atoms with Crippen molar-refractivity contribution in [1.82, 2.24) is 9.97 Å². The fourth-order valence-corrected chi connectivity index (χ4v) is 1.46. The minimum absolute atomic E-state index is 0.683. The van der Waals surface area contributed by atoms with Crippen molar-refractivity contribution in [3.63, 3.8) is 0 Å². The first-order valence-corrected chi connectivity index (χ1v) is 5.76. The van der Waals surface area contributed by atoms with Gasteiger partial charge in [0.25, 0.3) is 0 Å². The van der Waals surface area contributed by atoms with Crippen molar-refractivity contribution in [1.29, 1.82) is 0 Å². The molecule has 16 heavy (non-hydrogen) atoms. The zero-order valence-electron chi connectivity index (χ0n) is 10.9. The third kappa shape index (κ3) is 3.36. The maximum absolute atomic E-state index is 4.50. The molecule has 0 aromatic carbocycles. The molecule has 0 spiro atoms. The Morgan fingerprint density at radius 3 is 2.56 bits per heavy atom. The van der Waals surface area contributed by atoms with Crippen molar-refractivity contribution < 1.29 is 0 Å². The molecule has 0 aliphatic rings. The second-order valence-electron chi connectivity index (χ2n) is 4.50. The maximum Gasteiger partial charge on any atom is 0.226 e. The fourth-order valence-electron chi connectivity index (χ4n) is 1.46. The van der Waals surface area contributed by atoms with Crippen LogP contribution < -0.4 is 9.80 Å². The molecule has 1 rings (SSSR count). The average molecular weight is 222 g/mol. The van der Waals surface area contributed by atoms with Crippen LogP contribution in [0.25, 0.3) is 0 Å². The van der Waals surface area contributed by atoms with E-state index in [-0.39, 0.29) is 0 Å². The number of hydrogen-bond donors (Lipinski definition) is 0. The van der Waals surface area contributed by atoms with Crippen molar-refractivity contribution in [3.8, 4) is 0 Å². The van der Waals surface area contributed by atoms with Crippen LogP contribution in [0.3, 0.4) is 0 Å². The van der Waals surface area contributed by atoms with Gasteiger partial charge in [0.2, 0.25) is 5.95 Å². The molecule has 0 saturated heterocycles. The summed E-state index contributed by atoms with van der Waals surface area (Å²) < 4.78 is 0. The highest BCUT2D eigenvalue weighted by Gasteiger charge is 2.08. The third-order valence-corrected chi connectivity index (χ3v) is 2.70. The van der Waals surface area contributed by atoms with Gasteiger partial charge >= 0.3 is 0 Å². The molecule has 4 nitrogen and oxygen atoms in total. The van der Waals surface area contributed by atoms with Crippen molar-refractivity contribution in [2.24, 2.45) is 5.92 Å². The van der Waals surface area contributed by atoms with E-state index in [1.165, 1.54) is 6.42 Å². The Hall–Kier alpha value is -1.32. The first-order valence-electron chi connectivity index (χ1n) is 5.76. The molecule has 0 unspecified atom stereocenters. The zero-order valence-corrected chi connectivity index (χ0v) is 10.9. The molecular formula is C12H22N4. The average Bonchev–Trinajstić information content (AvgIpc) is 2.28. The van der Waals surface area contributed by atoms with Gasteiger partial charge in [-0.3, -0.25) is 0 Å². The summed E-state index contributed by atoms with van der Waals surface area (Å²) in [5.74, 6) is 2.43. The molecule has 0 amide bonds. The molecular weight excluding hydrogens is 200 g/mol. The Kier molecular flexibility index (Phi) is 4.52. The first-order chi connectivity index (χ1) is 7.54. The van der Waals surface area contributed by atoms with Crippen LogP contribution in [0.1, 0.15) is 20.3 Å². The minimum Gasteiger partial charge on any atom is -0.359 e. The van der Waals surface area contributed by atoms with E-state index < -0.39 is 0 Å². The molecule has 0 aliphatic carbocycles. The van der Waals surface area contributed by atoms with Gasteiger partial charge in [0.15, 0.2) is 0 Å². The fraction of sp³-hybridized carbons (Fsp3) is 0.667. The summed E-state index contributed by atoms with van der Waals surface area (Å²) in [6, 6.07) is 1.95. The molecule has 0 radical (unpaired) electrons. The van der Waals surface area contributed by atoms with Gasteiger partial charge in [-0.1, -0.05) is 20.3 Å². The minimum atomic E-state index is 0.683. The van der Waals surface area contributed by atoms with E-state index in [4.69, 9.17) is 0 Å². The Bertz CT molecular complexity index is 325. The van der Waals surface area contributed by atoms with Gasteiger partial charge in [0.05, 0.1) is 0 Å². The number of nitrogens with zero attached hydrogens (tertiary/aromatic N) is 4. The number of aromatic nitrogens is 2. The molecule has 4 heteroatoms. The van der Waals surface area contributed by atoms with Crippen LogP contribution in [0.5, 0.6) is 0 Å². The van der Waals surface area contributed by atoms with E-state index in [9.17, 15) is 0 Å². The van der Waals surface area contributed by atoms with E-state index >= 15 is 0 Å². The topological polar surface area (TPSA) is 32.3 Å². The monoisotopic (exact) mass is 222 g/mol. The van der Waals surface area contributed by atoms with Crippen molar-refractivity contribution >= 4 is 11.8 Å². The molecule has 0 bridgehead atoms. The Morgan fingerprint density at radius 2 is 2.00 bits per heavy atom. The highest BCUT2D eigenvalue weighted by atomic mass is 15.3. The second-order valence-corrected chi connectivity index (χ2v) is 4.50. The van der Waals surface area contributed by atoms with Crippen molar-refractivity contribution in [2.45, 2.75) is 20.3 Å². The van der Waals surface area contributed by atoms with E-state index in [1.54, 1.807) is 0 Å². The smallest absolute Gasteiger partial charge is 0.226 e. The molecule has 1 aromatic heterocycles. The second kappa shape index (κ2) is 5.68. The van der Waals surface area contributed by atoms with Crippen LogP contribution in [0.15, 0.2) is 12.3 Å². The molecule has 0 N–H and O–H groups in total. The molecule has 90 valence electrons. The van der Waals surface area contributed by atoms with Crippen LogP contribution in [-0.2, 0) is 0 Å². The number of anilines is 2. The first kappa shape index (κ1) is 12.7. The van der Waals surface area contributed by atoms with Crippen molar-refractivity contribution in [3.05, 3.63) is 12.3 Å². The van der Waals surface area contributed by atoms with Gasteiger partial charge in [-0.2, -0.15) is 4.98 Å². The van der Waals surface area contributed by atoms with Gasteiger partial charge in [0.1, 0.15) is 5.82 Å². The SMILES string of the molecule is CC[C@@H](C)CN(C)c1ccnc(N(C)C)n1.